The number of carbonyl (C=O) groups is 4. The SMILES string of the molecule is CCOC(=O)C[C@H](OC(=O)CCC(C)=O)C(=O)OC1=CC[C@@]2(O)[C@H]3Cc4ccc(CO)c5c4[C@@]2(CCN3C)[C@H]1O5. The first-order valence-electron chi connectivity index (χ1n) is 13.7. The van der Waals surface area contributed by atoms with E-state index in [2.05, 4.69) is 4.90 Å². The number of benzene rings is 1. The summed E-state index contributed by atoms with van der Waals surface area (Å²) in [6.07, 6.45) is -0.384. The highest BCUT2D eigenvalue weighted by atomic mass is 16.6. The van der Waals surface area contributed by atoms with E-state index in [1.54, 1.807) is 13.0 Å². The normalized spacial score (nSPS) is 28.5. The van der Waals surface area contributed by atoms with Crippen LogP contribution in [0.5, 0.6) is 5.75 Å². The molecule has 0 radical (unpaired) electrons. The lowest BCUT2D eigenvalue weighted by Gasteiger charge is -2.61. The first kappa shape index (κ1) is 28.3. The molecule has 40 heavy (non-hydrogen) atoms. The fraction of sp³-hybridized carbons (Fsp3) is 0.586. The van der Waals surface area contributed by atoms with Gasteiger partial charge in [-0.05, 0) is 51.9 Å². The molecule has 4 aliphatic rings. The second-order valence-electron chi connectivity index (χ2n) is 11.0. The molecular weight excluding hydrogens is 522 g/mol. The maximum Gasteiger partial charge on any atom is 0.353 e. The molecule has 2 bridgehead atoms. The molecule has 216 valence electrons. The summed E-state index contributed by atoms with van der Waals surface area (Å²) in [6.45, 7) is 3.43. The molecule has 5 atom stereocenters. The number of likely N-dealkylation sites (N-methyl/N-ethyl adjacent to an activating group) is 1. The van der Waals surface area contributed by atoms with Gasteiger partial charge < -0.3 is 38.9 Å². The minimum absolute atomic E-state index is 0.0639. The molecule has 0 amide bonds. The van der Waals surface area contributed by atoms with E-state index in [0.29, 0.717) is 30.7 Å². The topological polar surface area (TPSA) is 149 Å². The molecule has 1 spiro atoms. The number of ether oxygens (including phenoxy) is 4. The highest BCUT2D eigenvalue weighted by molar-refractivity contribution is 5.86. The molecule has 5 rings (SSSR count). The van der Waals surface area contributed by atoms with Crippen LogP contribution in [0, 0.1) is 0 Å². The lowest BCUT2D eigenvalue weighted by Crippen LogP contribution is -2.74. The monoisotopic (exact) mass is 557 g/mol. The van der Waals surface area contributed by atoms with Crippen LogP contribution in [0.15, 0.2) is 24.0 Å². The Bertz CT molecular complexity index is 1270. The lowest BCUT2D eigenvalue weighted by atomic mass is 9.50. The van der Waals surface area contributed by atoms with Gasteiger partial charge in [0.15, 0.2) is 6.10 Å². The van der Waals surface area contributed by atoms with Gasteiger partial charge in [-0.15, -0.1) is 0 Å². The first-order chi connectivity index (χ1) is 19.0. The van der Waals surface area contributed by atoms with Crippen molar-refractivity contribution in [2.24, 2.45) is 0 Å². The predicted octanol–water partition coefficient (Wildman–Crippen LogP) is 1.23. The number of ketones is 1. The Morgan fingerprint density at radius 3 is 2.67 bits per heavy atom. The largest absolute Gasteiger partial charge is 0.481 e. The van der Waals surface area contributed by atoms with E-state index in [1.807, 2.05) is 19.2 Å². The zero-order valence-corrected chi connectivity index (χ0v) is 22.9. The van der Waals surface area contributed by atoms with Crippen molar-refractivity contribution in [1.82, 2.24) is 4.90 Å². The van der Waals surface area contributed by atoms with Crippen LogP contribution in [-0.2, 0) is 51.8 Å². The minimum atomic E-state index is -1.60. The third-order valence-electron chi connectivity index (χ3n) is 8.72. The molecule has 2 aliphatic heterocycles. The summed E-state index contributed by atoms with van der Waals surface area (Å²) in [6, 6.07) is 3.58. The highest BCUT2D eigenvalue weighted by Crippen LogP contribution is 2.64. The number of hydrogen-bond acceptors (Lipinski definition) is 11. The van der Waals surface area contributed by atoms with Gasteiger partial charge in [-0.25, -0.2) is 4.79 Å². The average Bonchev–Trinajstić information content (AvgIpc) is 3.26. The van der Waals surface area contributed by atoms with Crippen LogP contribution in [0.4, 0.5) is 0 Å². The van der Waals surface area contributed by atoms with Gasteiger partial charge >= 0.3 is 17.9 Å². The van der Waals surface area contributed by atoms with E-state index in [1.165, 1.54) is 6.92 Å². The maximum atomic E-state index is 13.4. The third-order valence-corrected chi connectivity index (χ3v) is 8.72. The fourth-order valence-corrected chi connectivity index (χ4v) is 6.85. The van der Waals surface area contributed by atoms with E-state index in [-0.39, 0.29) is 50.1 Å². The number of esters is 3. The average molecular weight is 558 g/mol. The van der Waals surface area contributed by atoms with Crippen molar-refractivity contribution < 1.29 is 48.3 Å². The maximum absolute atomic E-state index is 13.4. The van der Waals surface area contributed by atoms with E-state index < -0.39 is 47.6 Å². The van der Waals surface area contributed by atoms with Gasteiger partial charge in [0, 0.05) is 30.0 Å². The van der Waals surface area contributed by atoms with Crippen molar-refractivity contribution in [3.8, 4) is 5.75 Å². The van der Waals surface area contributed by atoms with Crippen LogP contribution in [0.3, 0.4) is 0 Å². The molecule has 2 N–H and O–H groups in total. The standard InChI is InChI=1S/C29H35NO10/c1-4-37-23(34)14-20(38-22(33)8-5-16(2)32)27(35)39-19-9-10-29(36)21-13-17-6-7-18(15-31)25-24(17)28(29,26(19)40-25)11-12-30(21)3/h6-7,9,20-21,26,31,36H,4-5,8,10-15H2,1-3H3/t20-,21+,26-,28-,29+/m0/s1. The first-order valence-corrected chi connectivity index (χ1v) is 13.7. The zero-order chi connectivity index (χ0) is 28.8. The van der Waals surface area contributed by atoms with Crippen LogP contribution < -0.4 is 4.74 Å². The van der Waals surface area contributed by atoms with E-state index in [0.717, 1.165) is 11.1 Å². The number of piperidine rings is 1. The number of nitrogens with zero attached hydrogens (tertiary/aromatic N) is 1. The summed E-state index contributed by atoms with van der Waals surface area (Å²) < 4.78 is 22.5. The number of aliphatic hydroxyl groups is 2. The lowest BCUT2D eigenvalue weighted by molar-refractivity contribution is -0.178. The Morgan fingerprint density at radius 1 is 1.20 bits per heavy atom. The summed E-state index contributed by atoms with van der Waals surface area (Å²) >= 11 is 0. The van der Waals surface area contributed by atoms with E-state index >= 15 is 0 Å². The smallest absolute Gasteiger partial charge is 0.353 e. The van der Waals surface area contributed by atoms with Crippen LogP contribution in [0.25, 0.3) is 0 Å². The minimum Gasteiger partial charge on any atom is -0.481 e. The number of hydrogen-bond donors (Lipinski definition) is 2. The van der Waals surface area contributed by atoms with Crippen molar-refractivity contribution in [3.05, 3.63) is 40.7 Å². The van der Waals surface area contributed by atoms with Crippen LogP contribution >= 0.6 is 0 Å². The van der Waals surface area contributed by atoms with Gasteiger partial charge in [-0.2, -0.15) is 0 Å². The molecule has 1 aromatic rings. The second kappa shape index (κ2) is 10.6. The van der Waals surface area contributed by atoms with Gasteiger partial charge in [0.1, 0.15) is 17.3 Å². The Labute approximate surface area is 232 Å². The van der Waals surface area contributed by atoms with Gasteiger partial charge in [-0.1, -0.05) is 12.1 Å². The number of aliphatic hydroxyl groups excluding tert-OH is 1. The van der Waals surface area contributed by atoms with Crippen molar-refractivity contribution in [1.29, 1.82) is 0 Å². The summed E-state index contributed by atoms with van der Waals surface area (Å²) in [5.41, 5.74) is 0.306. The number of likely N-dealkylation sites (tertiary alicyclic amines) is 1. The summed E-state index contributed by atoms with van der Waals surface area (Å²) in [4.78, 5) is 51.4. The van der Waals surface area contributed by atoms with E-state index in [9.17, 15) is 29.4 Å². The molecule has 11 heteroatoms. The molecule has 1 saturated heterocycles. The van der Waals surface area contributed by atoms with Crippen molar-refractivity contribution in [2.75, 3.05) is 20.2 Å². The predicted molar refractivity (Wildman–Crippen MR) is 138 cm³/mol. The fourth-order valence-electron chi connectivity index (χ4n) is 6.85. The van der Waals surface area contributed by atoms with Crippen molar-refractivity contribution in [2.45, 2.75) is 88.2 Å². The number of rotatable bonds is 10. The zero-order valence-electron chi connectivity index (χ0n) is 22.9. The molecule has 2 aliphatic carbocycles. The summed E-state index contributed by atoms with van der Waals surface area (Å²) in [5.74, 6) is -2.13. The van der Waals surface area contributed by atoms with Crippen molar-refractivity contribution >= 4 is 23.7 Å². The van der Waals surface area contributed by atoms with E-state index in [4.69, 9.17) is 18.9 Å². The van der Waals surface area contributed by atoms with Crippen LogP contribution in [-0.4, -0.2) is 82.9 Å². The van der Waals surface area contributed by atoms with Gasteiger partial charge in [0.25, 0.3) is 0 Å². The third kappa shape index (κ3) is 4.40. The summed E-state index contributed by atoms with van der Waals surface area (Å²) in [5, 5.41) is 22.3. The Morgan fingerprint density at radius 2 is 1.98 bits per heavy atom. The molecule has 1 aromatic carbocycles. The molecule has 0 unspecified atom stereocenters. The molecule has 2 heterocycles. The summed E-state index contributed by atoms with van der Waals surface area (Å²) in [7, 11) is 1.98. The van der Waals surface area contributed by atoms with Crippen LogP contribution in [0.2, 0.25) is 0 Å². The molecule has 1 fully saturated rings. The Balaban J connectivity index is 1.47. The van der Waals surface area contributed by atoms with Gasteiger partial charge in [0.2, 0.25) is 6.10 Å². The van der Waals surface area contributed by atoms with Gasteiger partial charge in [-0.3, -0.25) is 9.59 Å². The van der Waals surface area contributed by atoms with Crippen molar-refractivity contribution in [3.63, 3.8) is 0 Å². The molecule has 0 saturated carbocycles. The highest BCUT2D eigenvalue weighted by Gasteiger charge is 2.72. The van der Waals surface area contributed by atoms with Gasteiger partial charge in [0.05, 0.1) is 37.1 Å². The number of Topliss-reactive ketones (excluding diaryl/α,β-unsaturated/α-hetero) is 1. The molecule has 11 nitrogen and oxygen atoms in total. The Hall–Kier alpha value is -3.28. The number of carbonyl (C=O) groups excluding carboxylic acids is 4. The molecule has 0 aromatic heterocycles. The van der Waals surface area contributed by atoms with Crippen LogP contribution in [0.1, 0.15) is 62.6 Å². The quantitative estimate of drug-likeness (QED) is 0.316. The second-order valence-corrected chi connectivity index (χ2v) is 11.0. The molecular formula is C29H35NO10. The Kier molecular flexibility index (Phi) is 7.49.